The van der Waals surface area contributed by atoms with Gasteiger partial charge in [0.2, 0.25) is 0 Å². The largest absolute Gasteiger partial charge is 0.473 e. The average Bonchev–Trinajstić information content (AvgIpc) is 2.15. The number of rotatable bonds is 5. The minimum absolute atomic E-state index is 0.206. The van der Waals surface area contributed by atoms with Gasteiger partial charge in [-0.05, 0) is 13.8 Å². The van der Waals surface area contributed by atoms with Gasteiger partial charge in [0.25, 0.3) is 5.88 Å². The predicted molar refractivity (Wildman–Crippen MR) is 53.0 cm³/mol. The van der Waals surface area contributed by atoms with Crippen molar-refractivity contribution in [1.29, 1.82) is 0 Å². The normalized spacial score (nSPS) is 10.5. The lowest BCUT2D eigenvalue weighted by atomic mass is 10.5. The van der Waals surface area contributed by atoms with Gasteiger partial charge in [-0.3, -0.25) is 0 Å². The van der Waals surface area contributed by atoms with E-state index in [4.69, 9.17) is 15.2 Å². The second-order valence-electron chi connectivity index (χ2n) is 3.01. The van der Waals surface area contributed by atoms with Crippen molar-refractivity contribution in [2.75, 3.05) is 18.9 Å². The van der Waals surface area contributed by atoms with Crippen LogP contribution in [0, 0.1) is 0 Å². The van der Waals surface area contributed by atoms with Gasteiger partial charge in [-0.25, -0.2) is 9.97 Å². The lowest BCUT2D eigenvalue weighted by Gasteiger charge is -2.08. The second kappa shape index (κ2) is 5.39. The highest BCUT2D eigenvalue weighted by atomic mass is 16.5. The minimum Gasteiger partial charge on any atom is -0.473 e. The van der Waals surface area contributed by atoms with Gasteiger partial charge in [0.1, 0.15) is 6.61 Å². The Morgan fingerprint density at radius 1 is 1.29 bits per heavy atom. The van der Waals surface area contributed by atoms with E-state index in [-0.39, 0.29) is 6.10 Å². The van der Waals surface area contributed by atoms with Crippen LogP contribution < -0.4 is 10.5 Å². The zero-order chi connectivity index (χ0) is 10.4. The summed E-state index contributed by atoms with van der Waals surface area (Å²) >= 11 is 0. The predicted octanol–water partition coefficient (Wildman–Crippen LogP) is 0.863. The van der Waals surface area contributed by atoms with Gasteiger partial charge in [0, 0.05) is 12.4 Å². The second-order valence-corrected chi connectivity index (χ2v) is 3.01. The van der Waals surface area contributed by atoms with Crippen LogP contribution in [0.3, 0.4) is 0 Å². The summed E-state index contributed by atoms with van der Waals surface area (Å²) in [6.07, 6.45) is 3.26. The summed E-state index contributed by atoms with van der Waals surface area (Å²) in [6.45, 7) is 4.89. The zero-order valence-corrected chi connectivity index (χ0v) is 8.43. The molecule has 1 rings (SSSR count). The third-order valence-corrected chi connectivity index (χ3v) is 1.46. The Hall–Kier alpha value is -1.36. The molecule has 0 fully saturated rings. The number of hydrogen-bond donors (Lipinski definition) is 1. The molecule has 0 bridgehead atoms. The van der Waals surface area contributed by atoms with Crippen molar-refractivity contribution < 1.29 is 9.47 Å². The number of anilines is 1. The summed E-state index contributed by atoms with van der Waals surface area (Å²) in [5.41, 5.74) is 5.52. The molecular formula is C9H15N3O2. The van der Waals surface area contributed by atoms with Gasteiger partial charge in [0.15, 0.2) is 5.82 Å². The first-order valence-corrected chi connectivity index (χ1v) is 4.51. The molecule has 0 aliphatic rings. The van der Waals surface area contributed by atoms with Crippen LogP contribution in [0.2, 0.25) is 0 Å². The molecule has 0 amide bonds. The molecule has 78 valence electrons. The van der Waals surface area contributed by atoms with Crippen LogP contribution in [0.5, 0.6) is 5.88 Å². The van der Waals surface area contributed by atoms with Gasteiger partial charge in [-0.15, -0.1) is 0 Å². The fourth-order valence-corrected chi connectivity index (χ4v) is 0.869. The van der Waals surface area contributed by atoms with Gasteiger partial charge in [-0.1, -0.05) is 0 Å². The third kappa shape index (κ3) is 3.57. The van der Waals surface area contributed by atoms with Crippen LogP contribution in [0.25, 0.3) is 0 Å². The van der Waals surface area contributed by atoms with E-state index < -0.39 is 0 Å². The number of nitrogens with zero attached hydrogens (tertiary/aromatic N) is 2. The smallest absolute Gasteiger partial charge is 0.257 e. The maximum Gasteiger partial charge on any atom is 0.257 e. The van der Waals surface area contributed by atoms with Crippen molar-refractivity contribution in [3.63, 3.8) is 0 Å². The van der Waals surface area contributed by atoms with E-state index in [0.717, 1.165) is 0 Å². The van der Waals surface area contributed by atoms with E-state index in [2.05, 4.69) is 9.97 Å². The Morgan fingerprint density at radius 2 is 2.00 bits per heavy atom. The van der Waals surface area contributed by atoms with E-state index in [1.54, 1.807) is 0 Å². The van der Waals surface area contributed by atoms with E-state index in [0.29, 0.717) is 24.9 Å². The maximum absolute atomic E-state index is 5.52. The van der Waals surface area contributed by atoms with Crippen molar-refractivity contribution in [3.05, 3.63) is 12.4 Å². The summed E-state index contributed by atoms with van der Waals surface area (Å²) in [4.78, 5) is 7.77. The zero-order valence-electron chi connectivity index (χ0n) is 8.43. The van der Waals surface area contributed by atoms with Crippen LogP contribution in [0.15, 0.2) is 12.4 Å². The van der Waals surface area contributed by atoms with Crippen LogP contribution in [-0.2, 0) is 4.74 Å². The highest BCUT2D eigenvalue weighted by molar-refractivity contribution is 5.38. The van der Waals surface area contributed by atoms with Gasteiger partial charge < -0.3 is 15.2 Å². The van der Waals surface area contributed by atoms with Crippen molar-refractivity contribution in [2.45, 2.75) is 20.0 Å². The molecule has 1 aromatic heterocycles. The fraction of sp³-hybridized carbons (Fsp3) is 0.556. The number of nitrogens with two attached hydrogens (primary N) is 1. The highest BCUT2D eigenvalue weighted by Crippen LogP contribution is 2.12. The molecule has 0 atom stereocenters. The molecule has 5 nitrogen and oxygen atoms in total. The molecule has 2 N–H and O–H groups in total. The number of nitrogen functional groups attached to an aromatic ring is 1. The topological polar surface area (TPSA) is 70.3 Å². The quantitative estimate of drug-likeness (QED) is 0.709. The van der Waals surface area contributed by atoms with Crippen LogP contribution >= 0.6 is 0 Å². The lowest BCUT2D eigenvalue weighted by Crippen LogP contribution is -2.12. The molecule has 0 unspecified atom stereocenters. The Morgan fingerprint density at radius 3 is 2.64 bits per heavy atom. The standard InChI is InChI=1S/C9H15N3O2/c1-7(2)13-5-6-14-9-8(10)11-3-4-12-9/h3-4,7H,5-6H2,1-2H3,(H2,10,11). The molecule has 14 heavy (non-hydrogen) atoms. The Labute approximate surface area is 83.3 Å². The van der Waals surface area contributed by atoms with Crippen LogP contribution in [0.1, 0.15) is 13.8 Å². The van der Waals surface area contributed by atoms with E-state index in [1.165, 1.54) is 12.4 Å². The highest BCUT2D eigenvalue weighted by Gasteiger charge is 2.01. The van der Waals surface area contributed by atoms with Crippen molar-refractivity contribution >= 4 is 5.82 Å². The fourth-order valence-electron chi connectivity index (χ4n) is 0.869. The molecule has 1 aromatic rings. The number of ether oxygens (including phenoxy) is 2. The van der Waals surface area contributed by atoms with Crippen molar-refractivity contribution in [3.8, 4) is 5.88 Å². The summed E-state index contributed by atoms with van der Waals surface area (Å²) in [7, 11) is 0. The van der Waals surface area contributed by atoms with Gasteiger partial charge >= 0.3 is 0 Å². The van der Waals surface area contributed by atoms with Gasteiger partial charge in [0.05, 0.1) is 12.7 Å². The molecule has 0 aliphatic carbocycles. The van der Waals surface area contributed by atoms with E-state index >= 15 is 0 Å². The first-order chi connectivity index (χ1) is 6.70. The third-order valence-electron chi connectivity index (χ3n) is 1.46. The van der Waals surface area contributed by atoms with Crippen molar-refractivity contribution in [2.24, 2.45) is 0 Å². The van der Waals surface area contributed by atoms with E-state index in [9.17, 15) is 0 Å². The molecule has 1 heterocycles. The summed E-state index contributed by atoms with van der Waals surface area (Å²) < 4.78 is 10.6. The van der Waals surface area contributed by atoms with E-state index in [1.807, 2.05) is 13.8 Å². The molecular weight excluding hydrogens is 182 g/mol. The minimum atomic E-state index is 0.206. The maximum atomic E-state index is 5.52. The number of hydrogen-bond acceptors (Lipinski definition) is 5. The lowest BCUT2D eigenvalue weighted by molar-refractivity contribution is 0.0544. The average molecular weight is 197 g/mol. The Kier molecular flexibility index (Phi) is 4.12. The summed E-state index contributed by atoms with van der Waals surface area (Å²) in [5.74, 6) is 0.664. The van der Waals surface area contributed by atoms with Crippen LogP contribution in [0.4, 0.5) is 5.82 Å². The van der Waals surface area contributed by atoms with Crippen LogP contribution in [-0.4, -0.2) is 29.3 Å². The van der Waals surface area contributed by atoms with Crippen molar-refractivity contribution in [1.82, 2.24) is 9.97 Å². The summed E-state index contributed by atoms with van der Waals surface area (Å²) in [6, 6.07) is 0. The Bertz CT molecular complexity index is 279. The Balaban J connectivity index is 2.28. The number of aromatic nitrogens is 2. The first kappa shape index (κ1) is 10.7. The monoisotopic (exact) mass is 197 g/mol. The molecule has 5 heteroatoms. The molecule has 0 aliphatic heterocycles. The molecule has 0 spiro atoms. The molecule has 0 radical (unpaired) electrons. The SMILES string of the molecule is CC(C)OCCOc1nccnc1N. The molecule has 0 saturated carbocycles. The summed E-state index contributed by atoms with van der Waals surface area (Å²) in [5, 5.41) is 0. The molecule has 0 aromatic carbocycles. The first-order valence-electron chi connectivity index (χ1n) is 4.51. The molecule has 0 saturated heterocycles. The van der Waals surface area contributed by atoms with Gasteiger partial charge in [-0.2, -0.15) is 0 Å².